The average Bonchev–Trinajstić information content (AvgIpc) is 2.50. The van der Waals surface area contributed by atoms with Crippen LogP contribution in [0.15, 0.2) is 0 Å². The third kappa shape index (κ3) is 11.6. The van der Waals surface area contributed by atoms with Crippen LogP contribution in [0.4, 0.5) is 0 Å². The number of aliphatic hydroxyl groups excluding tert-OH is 1. The lowest BCUT2D eigenvalue weighted by Crippen LogP contribution is -2.32. The van der Waals surface area contributed by atoms with Crippen LogP contribution >= 0.6 is 0 Å². The van der Waals surface area contributed by atoms with Crippen molar-refractivity contribution in [1.82, 2.24) is 10.2 Å². The summed E-state index contributed by atoms with van der Waals surface area (Å²) in [5.74, 6) is 0. The molecule has 0 amide bonds. The predicted molar refractivity (Wildman–Crippen MR) is 88.2 cm³/mol. The van der Waals surface area contributed by atoms with Gasteiger partial charge in [0.15, 0.2) is 0 Å². The van der Waals surface area contributed by atoms with Crippen molar-refractivity contribution >= 4 is 0 Å². The van der Waals surface area contributed by atoms with Gasteiger partial charge in [-0.2, -0.15) is 0 Å². The molecule has 4 heteroatoms. The molecule has 1 saturated heterocycles. The highest BCUT2D eigenvalue weighted by molar-refractivity contribution is 4.74. The van der Waals surface area contributed by atoms with E-state index in [-0.39, 0.29) is 6.10 Å². The van der Waals surface area contributed by atoms with Crippen LogP contribution in [-0.4, -0.2) is 60.5 Å². The minimum Gasteiger partial charge on any atom is -0.393 e. The lowest BCUT2D eigenvalue weighted by Gasteiger charge is -2.25. The van der Waals surface area contributed by atoms with Crippen LogP contribution in [0.2, 0.25) is 0 Å². The number of nitrogens with zero attached hydrogens (tertiary/aromatic N) is 1. The standard InChI is InChI=1S/C8H19NO.C6H13NO.C2H6/c1-4-8(10,5-2)6-7-9-3;1-7-4-2-6(8)3-5-7;1-2/h9-10H,4-7H2,1-3H3;6,8H,2-5H2,1H3;1-2H3. The van der Waals surface area contributed by atoms with Gasteiger partial charge in [-0.1, -0.05) is 27.7 Å². The summed E-state index contributed by atoms with van der Waals surface area (Å²) in [7, 11) is 4.00. The van der Waals surface area contributed by atoms with Crippen LogP contribution < -0.4 is 5.32 Å². The van der Waals surface area contributed by atoms with Crippen LogP contribution in [0.3, 0.4) is 0 Å². The van der Waals surface area contributed by atoms with Gasteiger partial charge in [-0.3, -0.25) is 0 Å². The van der Waals surface area contributed by atoms with Crippen LogP contribution in [0.5, 0.6) is 0 Å². The van der Waals surface area contributed by atoms with Crippen LogP contribution in [-0.2, 0) is 0 Å². The Bertz CT molecular complexity index is 179. The van der Waals surface area contributed by atoms with Gasteiger partial charge < -0.3 is 20.4 Å². The lowest BCUT2D eigenvalue weighted by molar-refractivity contribution is 0.0245. The van der Waals surface area contributed by atoms with Crippen molar-refractivity contribution < 1.29 is 10.2 Å². The molecule has 124 valence electrons. The molecule has 20 heavy (non-hydrogen) atoms. The van der Waals surface area contributed by atoms with Gasteiger partial charge in [0, 0.05) is 13.1 Å². The summed E-state index contributed by atoms with van der Waals surface area (Å²) in [6, 6.07) is 0. The number of hydrogen-bond acceptors (Lipinski definition) is 4. The van der Waals surface area contributed by atoms with Gasteiger partial charge in [-0.25, -0.2) is 0 Å². The van der Waals surface area contributed by atoms with E-state index in [0.29, 0.717) is 0 Å². The third-order valence-corrected chi connectivity index (χ3v) is 3.84. The molecule has 0 atom stereocenters. The van der Waals surface area contributed by atoms with Gasteiger partial charge in [-0.05, 0) is 52.7 Å². The van der Waals surface area contributed by atoms with E-state index < -0.39 is 5.60 Å². The number of hydrogen-bond donors (Lipinski definition) is 3. The maximum absolute atomic E-state index is 9.72. The molecule has 0 bridgehead atoms. The molecule has 0 aliphatic carbocycles. The van der Waals surface area contributed by atoms with Gasteiger partial charge in [-0.15, -0.1) is 0 Å². The zero-order valence-corrected chi connectivity index (χ0v) is 14.6. The first-order valence-corrected chi connectivity index (χ1v) is 8.21. The van der Waals surface area contributed by atoms with E-state index in [2.05, 4.69) is 17.3 Å². The molecule has 3 N–H and O–H groups in total. The van der Waals surface area contributed by atoms with E-state index in [9.17, 15) is 5.11 Å². The monoisotopic (exact) mass is 290 g/mol. The van der Waals surface area contributed by atoms with Gasteiger partial charge in [0.25, 0.3) is 0 Å². The van der Waals surface area contributed by atoms with Crippen molar-refractivity contribution in [1.29, 1.82) is 0 Å². The van der Waals surface area contributed by atoms with Gasteiger partial charge in [0.1, 0.15) is 0 Å². The fourth-order valence-electron chi connectivity index (χ4n) is 1.96. The Labute approximate surface area is 126 Å². The zero-order chi connectivity index (χ0) is 16.0. The summed E-state index contributed by atoms with van der Waals surface area (Å²) in [5, 5.41) is 21.8. The quantitative estimate of drug-likeness (QED) is 0.727. The molecular weight excluding hydrogens is 252 g/mol. The molecule has 0 saturated carbocycles. The minimum absolute atomic E-state index is 0.0220. The van der Waals surface area contributed by atoms with Crippen molar-refractivity contribution in [2.24, 2.45) is 0 Å². The van der Waals surface area contributed by atoms with Crippen molar-refractivity contribution in [3.05, 3.63) is 0 Å². The van der Waals surface area contributed by atoms with E-state index >= 15 is 0 Å². The number of aliphatic hydroxyl groups is 2. The first kappa shape index (κ1) is 22.1. The SMILES string of the molecule is CC.CCC(O)(CC)CCNC.CN1CCC(O)CC1. The molecule has 0 aromatic carbocycles. The van der Waals surface area contributed by atoms with Crippen molar-refractivity contribution in [2.75, 3.05) is 33.7 Å². The summed E-state index contributed by atoms with van der Waals surface area (Å²) in [6.07, 6.45) is 4.45. The van der Waals surface area contributed by atoms with Crippen LogP contribution in [0.25, 0.3) is 0 Å². The third-order valence-electron chi connectivity index (χ3n) is 3.84. The van der Waals surface area contributed by atoms with Crippen molar-refractivity contribution in [3.8, 4) is 0 Å². The summed E-state index contributed by atoms with van der Waals surface area (Å²) in [4.78, 5) is 2.24. The Morgan fingerprint density at radius 2 is 1.60 bits per heavy atom. The first-order valence-electron chi connectivity index (χ1n) is 8.21. The Kier molecular flexibility index (Phi) is 15.3. The Hall–Kier alpha value is -0.160. The molecule has 1 aliphatic heterocycles. The van der Waals surface area contributed by atoms with E-state index in [0.717, 1.165) is 51.7 Å². The molecular formula is C16H38N2O2. The number of nitrogens with one attached hydrogen (secondary N) is 1. The second-order valence-electron chi connectivity index (χ2n) is 5.32. The highest BCUT2D eigenvalue weighted by atomic mass is 16.3. The van der Waals surface area contributed by atoms with Crippen LogP contribution in [0.1, 0.15) is 59.8 Å². The summed E-state index contributed by atoms with van der Waals surface area (Å²) >= 11 is 0. The molecule has 1 heterocycles. The molecule has 0 unspecified atom stereocenters. The number of rotatable bonds is 5. The summed E-state index contributed by atoms with van der Waals surface area (Å²) in [5.41, 5.74) is -0.428. The molecule has 1 rings (SSSR count). The fraction of sp³-hybridized carbons (Fsp3) is 1.00. The maximum atomic E-state index is 9.72. The van der Waals surface area contributed by atoms with E-state index in [1.54, 1.807) is 0 Å². The molecule has 0 aromatic heterocycles. The molecule has 4 nitrogen and oxygen atoms in total. The highest BCUT2D eigenvalue weighted by Crippen LogP contribution is 2.17. The average molecular weight is 290 g/mol. The van der Waals surface area contributed by atoms with Crippen molar-refractivity contribution in [2.45, 2.75) is 71.5 Å². The van der Waals surface area contributed by atoms with E-state index in [1.165, 1.54) is 0 Å². The van der Waals surface area contributed by atoms with Crippen molar-refractivity contribution in [3.63, 3.8) is 0 Å². The second-order valence-corrected chi connectivity index (χ2v) is 5.32. The van der Waals surface area contributed by atoms with Gasteiger partial charge >= 0.3 is 0 Å². The fourth-order valence-corrected chi connectivity index (χ4v) is 1.96. The molecule has 0 aromatic rings. The Balaban J connectivity index is 0. The summed E-state index contributed by atoms with van der Waals surface area (Å²) < 4.78 is 0. The zero-order valence-electron chi connectivity index (χ0n) is 14.6. The lowest BCUT2D eigenvalue weighted by atomic mass is 9.94. The maximum Gasteiger partial charge on any atom is 0.0654 e. The Morgan fingerprint density at radius 1 is 1.15 bits per heavy atom. The first-order chi connectivity index (χ1) is 9.47. The second kappa shape index (κ2) is 13.8. The van der Waals surface area contributed by atoms with Gasteiger partial charge in [0.2, 0.25) is 0 Å². The van der Waals surface area contributed by atoms with E-state index in [4.69, 9.17) is 5.11 Å². The predicted octanol–water partition coefficient (Wildman–Crippen LogP) is 2.25. The van der Waals surface area contributed by atoms with Crippen LogP contribution in [0, 0.1) is 0 Å². The Morgan fingerprint density at radius 3 is 1.90 bits per heavy atom. The largest absolute Gasteiger partial charge is 0.393 e. The van der Waals surface area contributed by atoms with Gasteiger partial charge in [0.05, 0.1) is 11.7 Å². The van der Waals surface area contributed by atoms with E-state index in [1.807, 2.05) is 34.7 Å². The molecule has 1 fully saturated rings. The molecule has 0 spiro atoms. The highest BCUT2D eigenvalue weighted by Gasteiger charge is 2.20. The smallest absolute Gasteiger partial charge is 0.0654 e. The summed E-state index contributed by atoms with van der Waals surface area (Å²) in [6.45, 7) is 11.1. The minimum atomic E-state index is -0.428. The molecule has 1 aliphatic rings. The molecule has 0 radical (unpaired) electrons. The normalized spacial score (nSPS) is 16.8. The topological polar surface area (TPSA) is 55.7 Å². The number of likely N-dealkylation sites (tertiary alicyclic amines) is 1. The number of piperidine rings is 1.